The maximum atomic E-state index is 14.9. The van der Waals surface area contributed by atoms with Gasteiger partial charge in [-0.3, -0.25) is 9.97 Å². The lowest BCUT2D eigenvalue weighted by atomic mass is 10.0. The fourth-order valence-electron chi connectivity index (χ4n) is 3.98. The molecular weight excluding hydrogens is 379 g/mol. The Hall–Kier alpha value is -3.80. The minimum absolute atomic E-state index is 0.291. The fourth-order valence-corrected chi connectivity index (χ4v) is 3.98. The third-order valence-corrected chi connectivity index (χ3v) is 5.31. The summed E-state index contributed by atoms with van der Waals surface area (Å²) in [6.07, 6.45) is 4.92. The molecule has 148 valence electrons. The van der Waals surface area contributed by atoms with Gasteiger partial charge in [0.1, 0.15) is 17.3 Å². The molecule has 0 aliphatic heterocycles. The molecule has 5 aromatic rings. The van der Waals surface area contributed by atoms with Gasteiger partial charge in [-0.1, -0.05) is 41.6 Å². The van der Waals surface area contributed by atoms with E-state index in [0.717, 1.165) is 28.1 Å². The highest BCUT2D eigenvalue weighted by atomic mass is 19.1. The standard InChI is InChI=1S/C24H19FN4O/c1-15-22(16(2)30-28-15)18-12-21-23(27-13-18)19(25)14-29(21)24(17-8-4-3-5-9-17)20-10-6-7-11-26-20/h3-14,24H,1-2H3. The molecule has 0 spiro atoms. The molecule has 4 heterocycles. The van der Waals surface area contributed by atoms with Gasteiger partial charge in [0.15, 0.2) is 5.82 Å². The van der Waals surface area contributed by atoms with Crippen molar-refractivity contribution in [1.82, 2.24) is 19.7 Å². The first-order valence-electron chi connectivity index (χ1n) is 9.68. The molecule has 0 N–H and O–H groups in total. The Bertz CT molecular complexity index is 1270. The minimum Gasteiger partial charge on any atom is -0.361 e. The van der Waals surface area contributed by atoms with Crippen LogP contribution in [0.15, 0.2) is 77.7 Å². The predicted molar refractivity (Wildman–Crippen MR) is 113 cm³/mol. The Kier molecular flexibility index (Phi) is 4.39. The fraction of sp³-hybridized carbons (Fsp3) is 0.125. The molecule has 6 heteroatoms. The van der Waals surface area contributed by atoms with Gasteiger partial charge in [0.05, 0.1) is 16.9 Å². The van der Waals surface area contributed by atoms with Gasteiger partial charge in [0.25, 0.3) is 0 Å². The number of hydrogen-bond donors (Lipinski definition) is 0. The molecule has 0 fully saturated rings. The third-order valence-electron chi connectivity index (χ3n) is 5.31. The monoisotopic (exact) mass is 398 g/mol. The van der Waals surface area contributed by atoms with Crippen LogP contribution in [-0.4, -0.2) is 19.7 Å². The number of pyridine rings is 2. The van der Waals surface area contributed by atoms with Gasteiger partial charge in [-0.05, 0) is 37.6 Å². The molecule has 30 heavy (non-hydrogen) atoms. The van der Waals surface area contributed by atoms with Gasteiger partial charge in [0, 0.05) is 29.7 Å². The van der Waals surface area contributed by atoms with E-state index in [-0.39, 0.29) is 11.9 Å². The van der Waals surface area contributed by atoms with Gasteiger partial charge in [-0.2, -0.15) is 0 Å². The van der Waals surface area contributed by atoms with E-state index in [1.165, 1.54) is 6.20 Å². The van der Waals surface area contributed by atoms with E-state index in [4.69, 9.17) is 4.52 Å². The second-order valence-corrected chi connectivity index (χ2v) is 7.24. The number of nitrogens with zero attached hydrogens (tertiary/aromatic N) is 4. The normalized spacial score (nSPS) is 12.4. The van der Waals surface area contributed by atoms with Crippen molar-refractivity contribution in [3.63, 3.8) is 0 Å². The molecule has 1 atom stereocenters. The van der Waals surface area contributed by atoms with E-state index in [9.17, 15) is 4.39 Å². The van der Waals surface area contributed by atoms with E-state index < -0.39 is 0 Å². The van der Waals surface area contributed by atoms with E-state index in [2.05, 4.69) is 15.1 Å². The number of aryl methyl sites for hydroxylation is 2. The Morgan fingerprint density at radius 3 is 2.50 bits per heavy atom. The van der Waals surface area contributed by atoms with Crippen LogP contribution in [0.25, 0.3) is 22.2 Å². The van der Waals surface area contributed by atoms with Crippen molar-refractivity contribution < 1.29 is 8.91 Å². The first-order chi connectivity index (χ1) is 14.6. The van der Waals surface area contributed by atoms with Crippen LogP contribution >= 0.6 is 0 Å². The number of fused-ring (bicyclic) bond motifs is 1. The molecule has 0 bridgehead atoms. The Morgan fingerprint density at radius 1 is 1.00 bits per heavy atom. The molecule has 0 saturated carbocycles. The van der Waals surface area contributed by atoms with Crippen molar-refractivity contribution in [2.75, 3.05) is 0 Å². The Morgan fingerprint density at radius 2 is 1.80 bits per heavy atom. The molecule has 0 saturated heterocycles. The molecule has 5 rings (SSSR count). The Balaban J connectivity index is 1.77. The highest BCUT2D eigenvalue weighted by Gasteiger charge is 2.23. The van der Waals surface area contributed by atoms with Gasteiger partial charge in [-0.25, -0.2) is 4.39 Å². The summed E-state index contributed by atoms with van der Waals surface area (Å²) in [6, 6.07) is 17.4. The lowest BCUT2D eigenvalue weighted by molar-refractivity contribution is 0.393. The number of benzene rings is 1. The van der Waals surface area contributed by atoms with Crippen LogP contribution in [0.5, 0.6) is 0 Å². The van der Waals surface area contributed by atoms with Crippen LogP contribution in [0.2, 0.25) is 0 Å². The smallest absolute Gasteiger partial charge is 0.167 e. The second-order valence-electron chi connectivity index (χ2n) is 7.24. The first-order valence-corrected chi connectivity index (χ1v) is 9.68. The quantitative estimate of drug-likeness (QED) is 0.402. The minimum atomic E-state index is -0.368. The van der Waals surface area contributed by atoms with Gasteiger partial charge < -0.3 is 9.09 Å². The molecule has 0 aliphatic carbocycles. The summed E-state index contributed by atoms with van der Waals surface area (Å²) in [6.45, 7) is 3.75. The van der Waals surface area contributed by atoms with Crippen molar-refractivity contribution in [1.29, 1.82) is 0 Å². The van der Waals surface area contributed by atoms with Crippen molar-refractivity contribution >= 4 is 11.0 Å². The molecular formula is C24H19FN4O. The average Bonchev–Trinajstić information content (AvgIpc) is 3.28. The maximum absolute atomic E-state index is 14.9. The first kappa shape index (κ1) is 18.2. The second kappa shape index (κ2) is 7.22. The van der Waals surface area contributed by atoms with Crippen LogP contribution in [0.4, 0.5) is 4.39 Å². The zero-order chi connectivity index (χ0) is 20.7. The zero-order valence-electron chi connectivity index (χ0n) is 16.6. The van der Waals surface area contributed by atoms with Gasteiger partial charge >= 0.3 is 0 Å². The lowest BCUT2D eigenvalue weighted by Gasteiger charge is -2.20. The topological polar surface area (TPSA) is 56.7 Å². The number of halogens is 1. The van der Waals surface area contributed by atoms with Crippen LogP contribution < -0.4 is 0 Å². The number of rotatable bonds is 4. The summed E-state index contributed by atoms with van der Waals surface area (Å²) in [4.78, 5) is 8.98. The molecule has 4 aromatic heterocycles. The number of hydrogen-bond acceptors (Lipinski definition) is 4. The van der Waals surface area contributed by atoms with Crippen LogP contribution in [0.1, 0.15) is 28.8 Å². The predicted octanol–water partition coefficient (Wildman–Crippen LogP) is 5.48. The summed E-state index contributed by atoms with van der Waals surface area (Å²) < 4.78 is 22.1. The summed E-state index contributed by atoms with van der Waals surface area (Å²) in [5, 5.41) is 4.04. The lowest BCUT2D eigenvalue weighted by Crippen LogP contribution is -2.13. The van der Waals surface area contributed by atoms with E-state index in [1.807, 2.05) is 73.0 Å². The molecule has 0 amide bonds. The molecule has 0 radical (unpaired) electrons. The van der Waals surface area contributed by atoms with Crippen molar-refractivity contribution in [2.45, 2.75) is 19.9 Å². The largest absolute Gasteiger partial charge is 0.361 e. The van der Waals surface area contributed by atoms with Gasteiger partial charge in [-0.15, -0.1) is 0 Å². The van der Waals surface area contributed by atoms with Crippen molar-refractivity contribution in [3.8, 4) is 11.1 Å². The van der Waals surface area contributed by atoms with Crippen LogP contribution in [0, 0.1) is 19.7 Å². The van der Waals surface area contributed by atoms with E-state index in [1.54, 1.807) is 12.4 Å². The SMILES string of the molecule is Cc1noc(C)c1-c1cnc2c(F)cn(C(c3ccccc3)c3ccccn3)c2c1. The zero-order valence-corrected chi connectivity index (χ0v) is 16.6. The Labute approximate surface area is 172 Å². The summed E-state index contributed by atoms with van der Waals surface area (Å²) in [7, 11) is 0. The van der Waals surface area contributed by atoms with E-state index >= 15 is 0 Å². The molecule has 1 aromatic carbocycles. The number of aromatic nitrogens is 4. The molecule has 0 aliphatic rings. The highest BCUT2D eigenvalue weighted by Crippen LogP contribution is 2.34. The third kappa shape index (κ3) is 2.97. The molecule has 5 nitrogen and oxygen atoms in total. The highest BCUT2D eigenvalue weighted by molar-refractivity contribution is 5.83. The summed E-state index contributed by atoms with van der Waals surface area (Å²) in [5.41, 5.74) is 5.33. The van der Waals surface area contributed by atoms with Crippen molar-refractivity contribution in [2.24, 2.45) is 0 Å². The molecule has 1 unspecified atom stereocenters. The average molecular weight is 398 g/mol. The van der Waals surface area contributed by atoms with E-state index in [0.29, 0.717) is 16.8 Å². The summed E-state index contributed by atoms with van der Waals surface area (Å²) >= 11 is 0. The van der Waals surface area contributed by atoms with Gasteiger partial charge in [0.2, 0.25) is 0 Å². The maximum Gasteiger partial charge on any atom is 0.167 e. The van der Waals surface area contributed by atoms with Crippen molar-refractivity contribution in [3.05, 3.63) is 102 Å². The van der Waals surface area contributed by atoms with Crippen LogP contribution in [-0.2, 0) is 0 Å². The van der Waals surface area contributed by atoms with Crippen LogP contribution in [0.3, 0.4) is 0 Å². The summed E-state index contributed by atoms with van der Waals surface area (Å²) in [5.74, 6) is 0.337.